The molecule has 1 N–H and O–H groups in total. The van der Waals surface area contributed by atoms with Crippen LogP contribution in [0.2, 0.25) is 0 Å². The standard InChI is InChI=1S/C18H10BrN3O3/c19-11-5-4-10-8-12(18(24)25)17(23)22(15(10)9-11)14-3-1-2-13-16(14)21-7-6-20-13/h1-9H,(H,24,25). The first kappa shape index (κ1) is 15.5. The Morgan fingerprint density at radius 2 is 1.88 bits per heavy atom. The quantitative estimate of drug-likeness (QED) is 0.562. The molecule has 0 aliphatic heterocycles. The topological polar surface area (TPSA) is 85.1 Å². The van der Waals surface area contributed by atoms with Gasteiger partial charge in [-0.1, -0.05) is 28.1 Å². The van der Waals surface area contributed by atoms with Gasteiger partial charge >= 0.3 is 5.97 Å². The third-order valence-electron chi connectivity index (χ3n) is 3.92. The number of halogens is 1. The number of carboxylic acid groups (broad SMARTS) is 1. The van der Waals surface area contributed by atoms with E-state index in [1.54, 1.807) is 42.6 Å². The Labute approximate surface area is 149 Å². The van der Waals surface area contributed by atoms with E-state index in [2.05, 4.69) is 25.9 Å². The maximum atomic E-state index is 12.9. The number of fused-ring (bicyclic) bond motifs is 2. The van der Waals surface area contributed by atoms with E-state index in [0.29, 0.717) is 27.6 Å². The van der Waals surface area contributed by atoms with E-state index in [9.17, 15) is 14.7 Å². The molecule has 25 heavy (non-hydrogen) atoms. The third-order valence-corrected chi connectivity index (χ3v) is 4.41. The minimum Gasteiger partial charge on any atom is -0.477 e. The van der Waals surface area contributed by atoms with Crippen molar-refractivity contribution in [2.45, 2.75) is 0 Å². The molecule has 0 saturated heterocycles. The molecule has 0 radical (unpaired) electrons. The van der Waals surface area contributed by atoms with Crippen molar-refractivity contribution in [3.63, 3.8) is 0 Å². The van der Waals surface area contributed by atoms with Gasteiger partial charge in [0.1, 0.15) is 11.1 Å². The Balaban J connectivity index is 2.23. The van der Waals surface area contributed by atoms with Gasteiger partial charge in [0.05, 0.1) is 16.7 Å². The zero-order chi connectivity index (χ0) is 17.6. The van der Waals surface area contributed by atoms with Crippen LogP contribution in [0.15, 0.2) is 64.1 Å². The lowest BCUT2D eigenvalue weighted by atomic mass is 10.1. The smallest absolute Gasteiger partial charge is 0.341 e. The van der Waals surface area contributed by atoms with Crippen LogP contribution in [0, 0.1) is 0 Å². The second-order valence-corrected chi connectivity index (χ2v) is 6.32. The summed E-state index contributed by atoms with van der Waals surface area (Å²) in [5.41, 5.74) is 1.31. The van der Waals surface area contributed by atoms with Gasteiger partial charge < -0.3 is 5.11 Å². The van der Waals surface area contributed by atoms with E-state index in [0.717, 1.165) is 4.47 Å². The molecule has 0 fully saturated rings. The van der Waals surface area contributed by atoms with Crippen LogP contribution in [0.5, 0.6) is 0 Å². The molecule has 0 aliphatic carbocycles. The number of hydrogen-bond acceptors (Lipinski definition) is 4. The number of aromatic nitrogens is 3. The average molecular weight is 396 g/mol. The second kappa shape index (κ2) is 5.78. The van der Waals surface area contributed by atoms with E-state index < -0.39 is 11.5 Å². The van der Waals surface area contributed by atoms with Crippen molar-refractivity contribution in [3.8, 4) is 5.69 Å². The van der Waals surface area contributed by atoms with Crippen LogP contribution in [0.4, 0.5) is 0 Å². The minimum absolute atomic E-state index is 0.296. The number of para-hydroxylation sites is 1. The molecule has 0 bridgehead atoms. The molecular formula is C18H10BrN3O3. The van der Waals surface area contributed by atoms with Crippen LogP contribution in [0.25, 0.3) is 27.6 Å². The van der Waals surface area contributed by atoms with Crippen molar-refractivity contribution >= 4 is 43.8 Å². The normalized spacial score (nSPS) is 11.1. The van der Waals surface area contributed by atoms with Crippen molar-refractivity contribution in [3.05, 3.63) is 75.2 Å². The number of aromatic carboxylic acids is 1. The van der Waals surface area contributed by atoms with E-state index in [4.69, 9.17) is 0 Å². The lowest BCUT2D eigenvalue weighted by Gasteiger charge is -2.13. The van der Waals surface area contributed by atoms with Gasteiger partial charge in [0.25, 0.3) is 5.56 Å². The minimum atomic E-state index is -1.27. The average Bonchev–Trinajstić information content (AvgIpc) is 2.61. The maximum Gasteiger partial charge on any atom is 0.341 e. The number of hydrogen-bond donors (Lipinski definition) is 1. The summed E-state index contributed by atoms with van der Waals surface area (Å²) in [7, 11) is 0. The molecule has 7 heteroatoms. The van der Waals surface area contributed by atoms with Gasteiger partial charge in [0, 0.05) is 16.9 Å². The Bertz CT molecular complexity index is 1210. The highest BCUT2D eigenvalue weighted by Crippen LogP contribution is 2.25. The molecule has 0 unspecified atom stereocenters. The van der Waals surface area contributed by atoms with Gasteiger partial charge in [-0.05, 0) is 35.7 Å². The highest BCUT2D eigenvalue weighted by Gasteiger charge is 2.18. The number of pyridine rings is 1. The van der Waals surface area contributed by atoms with Crippen molar-refractivity contribution < 1.29 is 9.90 Å². The Morgan fingerprint density at radius 1 is 1.08 bits per heavy atom. The van der Waals surface area contributed by atoms with E-state index in [1.807, 2.05) is 0 Å². The van der Waals surface area contributed by atoms with Crippen molar-refractivity contribution in [2.75, 3.05) is 0 Å². The lowest BCUT2D eigenvalue weighted by molar-refractivity contribution is 0.0695. The number of benzene rings is 2. The lowest BCUT2D eigenvalue weighted by Crippen LogP contribution is -2.25. The molecule has 0 aliphatic rings. The van der Waals surface area contributed by atoms with Crippen molar-refractivity contribution in [1.82, 2.24) is 14.5 Å². The Hall–Kier alpha value is -3.06. The number of rotatable bonds is 2. The van der Waals surface area contributed by atoms with Crippen LogP contribution >= 0.6 is 15.9 Å². The summed E-state index contributed by atoms with van der Waals surface area (Å²) in [6.07, 6.45) is 3.10. The Morgan fingerprint density at radius 3 is 2.68 bits per heavy atom. The van der Waals surface area contributed by atoms with E-state index >= 15 is 0 Å². The van der Waals surface area contributed by atoms with Gasteiger partial charge in [0.2, 0.25) is 0 Å². The zero-order valence-corrected chi connectivity index (χ0v) is 14.3. The molecule has 6 nitrogen and oxygen atoms in total. The monoisotopic (exact) mass is 395 g/mol. The molecule has 122 valence electrons. The molecule has 2 aromatic heterocycles. The van der Waals surface area contributed by atoms with Crippen LogP contribution in [0.1, 0.15) is 10.4 Å². The molecular weight excluding hydrogens is 386 g/mol. The molecule has 2 aromatic carbocycles. The van der Waals surface area contributed by atoms with Crippen LogP contribution in [-0.4, -0.2) is 25.6 Å². The van der Waals surface area contributed by atoms with Gasteiger partial charge in [0.15, 0.2) is 0 Å². The highest BCUT2D eigenvalue weighted by molar-refractivity contribution is 9.10. The number of carbonyl (C=O) groups is 1. The number of nitrogens with zero attached hydrogens (tertiary/aromatic N) is 3. The van der Waals surface area contributed by atoms with Gasteiger partial charge in [-0.25, -0.2) is 4.79 Å². The molecule has 4 rings (SSSR count). The first-order valence-electron chi connectivity index (χ1n) is 7.35. The molecule has 4 aromatic rings. The fourth-order valence-electron chi connectivity index (χ4n) is 2.83. The predicted octanol–water partition coefficient (Wildman–Crippen LogP) is 3.39. The zero-order valence-electron chi connectivity index (χ0n) is 12.7. The summed E-state index contributed by atoms with van der Waals surface area (Å²) < 4.78 is 2.16. The molecule has 0 spiro atoms. The van der Waals surface area contributed by atoms with Crippen LogP contribution < -0.4 is 5.56 Å². The van der Waals surface area contributed by atoms with Gasteiger partial charge in [-0.2, -0.15) is 0 Å². The summed E-state index contributed by atoms with van der Waals surface area (Å²) in [6.45, 7) is 0. The summed E-state index contributed by atoms with van der Waals surface area (Å²) in [5, 5.41) is 10.1. The summed E-state index contributed by atoms with van der Waals surface area (Å²) in [5.74, 6) is -1.27. The van der Waals surface area contributed by atoms with Crippen LogP contribution in [0.3, 0.4) is 0 Å². The second-order valence-electron chi connectivity index (χ2n) is 5.41. The summed E-state index contributed by atoms with van der Waals surface area (Å²) in [4.78, 5) is 33.0. The molecule has 0 amide bonds. The third kappa shape index (κ3) is 2.49. The molecule has 2 heterocycles. The first-order valence-corrected chi connectivity index (χ1v) is 8.14. The highest BCUT2D eigenvalue weighted by atomic mass is 79.9. The first-order chi connectivity index (χ1) is 12.1. The van der Waals surface area contributed by atoms with Crippen molar-refractivity contribution in [1.29, 1.82) is 0 Å². The van der Waals surface area contributed by atoms with E-state index in [-0.39, 0.29) is 5.56 Å². The number of carboxylic acids is 1. The largest absolute Gasteiger partial charge is 0.477 e. The molecule has 0 saturated carbocycles. The Kier molecular flexibility index (Phi) is 3.58. The predicted molar refractivity (Wildman–Crippen MR) is 97.3 cm³/mol. The summed E-state index contributed by atoms with van der Waals surface area (Å²) in [6, 6.07) is 12.0. The van der Waals surface area contributed by atoms with Gasteiger partial charge in [-0.3, -0.25) is 19.3 Å². The SMILES string of the molecule is O=C(O)c1cc2ccc(Br)cc2n(-c2cccc3nccnc23)c1=O. The maximum absolute atomic E-state index is 12.9. The fraction of sp³-hybridized carbons (Fsp3) is 0. The van der Waals surface area contributed by atoms with E-state index in [1.165, 1.54) is 16.8 Å². The van der Waals surface area contributed by atoms with Crippen LogP contribution in [-0.2, 0) is 0 Å². The van der Waals surface area contributed by atoms with Gasteiger partial charge in [-0.15, -0.1) is 0 Å². The summed E-state index contributed by atoms with van der Waals surface area (Å²) >= 11 is 3.40. The van der Waals surface area contributed by atoms with Crippen molar-refractivity contribution in [2.24, 2.45) is 0 Å². The molecule has 0 atom stereocenters. The fourth-order valence-corrected chi connectivity index (χ4v) is 3.18.